The third-order valence-corrected chi connectivity index (χ3v) is 11.5. The first-order valence-corrected chi connectivity index (χ1v) is 20.2. The van der Waals surface area contributed by atoms with E-state index < -0.39 is 5.54 Å². The summed E-state index contributed by atoms with van der Waals surface area (Å²) in [5.41, 5.74) is 4.02. The molecule has 0 bridgehead atoms. The van der Waals surface area contributed by atoms with E-state index in [1.54, 1.807) is 24.3 Å². The van der Waals surface area contributed by atoms with Crippen molar-refractivity contribution in [3.8, 4) is 22.5 Å². The minimum absolute atomic E-state index is 0.128. The smallest absolute Gasteiger partial charge is 0.231 e. The topological polar surface area (TPSA) is 91.3 Å². The number of nitrogens with zero attached hydrogens (tertiary/aromatic N) is 6. The van der Waals surface area contributed by atoms with Gasteiger partial charge < -0.3 is 19.9 Å². The fraction of sp³-hybridized carbons (Fsp3) is 0.277. The largest absolute Gasteiger partial charge is 0.364 e. The summed E-state index contributed by atoms with van der Waals surface area (Å²) in [5, 5.41) is 8.82. The molecule has 2 N–H and O–H groups in total. The van der Waals surface area contributed by atoms with Crippen LogP contribution in [0.3, 0.4) is 0 Å². The molecule has 2 atom stereocenters. The van der Waals surface area contributed by atoms with Crippen LogP contribution in [-0.2, 0) is 4.74 Å². The van der Waals surface area contributed by atoms with E-state index in [4.69, 9.17) is 24.7 Å². The summed E-state index contributed by atoms with van der Waals surface area (Å²) in [4.78, 5) is 25.1. The number of nitrogens with one attached hydrogen (secondary N) is 2. The van der Waals surface area contributed by atoms with Gasteiger partial charge in [0.25, 0.3) is 0 Å². The van der Waals surface area contributed by atoms with Gasteiger partial charge in [0.05, 0.1) is 28.0 Å². The van der Waals surface area contributed by atoms with E-state index in [0.717, 1.165) is 72.9 Å². The molecule has 0 aliphatic carbocycles. The Morgan fingerprint density at radius 2 is 1.31 bits per heavy atom. The molecule has 11 heteroatoms. The summed E-state index contributed by atoms with van der Waals surface area (Å²) in [7, 11) is 0. The Kier molecular flexibility index (Phi) is 10.7. The summed E-state index contributed by atoms with van der Waals surface area (Å²) in [6.07, 6.45) is 3.04. The molecule has 9 rings (SSSR count). The van der Waals surface area contributed by atoms with Crippen molar-refractivity contribution in [2.45, 2.75) is 50.4 Å². The van der Waals surface area contributed by atoms with E-state index in [1.165, 1.54) is 12.1 Å². The Labute approximate surface area is 337 Å². The van der Waals surface area contributed by atoms with Crippen LogP contribution in [0, 0.1) is 11.6 Å². The maximum Gasteiger partial charge on any atom is 0.231 e. The molecule has 0 saturated carbocycles. The molecule has 2 saturated heterocycles. The van der Waals surface area contributed by atoms with Crippen LogP contribution in [0.15, 0.2) is 127 Å². The monoisotopic (exact) mass is 776 g/mol. The molecule has 294 valence electrons. The van der Waals surface area contributed by atoms with Gasteiger partial charge in [0, 0.05) is 66.3 Å². The normalized spacial score (nSPS) is 19.1. The van der Waals surface area contributed by atoms with Crippen LogP contribution in [0.4, 0.5) is 26.4 Å². The number of halogens is 2. The summed E-state index contributed by atoms with van der Waals surface area (Å²) < 4.78 is 36.9. The number of hydrogen-bond donors (Lipinski definition) is 2. The van der Waals surface area contributed by atoms with Gasteiger partial charge in [-0.05, 0) is 81.3 Å². The van der Waals surface area contributed by atoms with Crippen molar-refractivity contribution in [3.05, 3.63) is 139 Å². The number of fused-ring (bicyclic) bond motifs is 2. The number of benzene rings is 5. The Hall–Kier alpha value is -5.88. The van der Waals surface area contributed by atoms with E-state index in [1.807, 2.05) is 85.8 Å². The minimum Gasteiger partial charge on any atom is -0.364 e. The van der Waals surface area contributed by atoms with Gasteiger partial charge in [-0.15, -0.1) is 0 Å². The Balaban J connectivity index is 1.05. The lowest BCUT2D eigenvalue weighted by atomic mass is 9.83. The number of likely N-dealkylation sites (tertiary alicyclic amines) is 1. The summed E-state index contributed by atoms with van der Waals surface area (Å²) in [6.45, 7) is 5.74. The summed E-state index contributed by atoms with van der Waals surface area (Å²) >= 11 is 0. The molecule has 58 heavy (non-hydrogen) atoms. The lowest BCUT2D eigenvalue weighted by molar-refractivity contribution is -0.0102. The van der Waals surface area contributed by atoms with E-state index in [9.17, 15) is 0 Å². The van der Waals surface area contributed by atoms with E-state index >= 15 is 8.78 Å². The Morgan fingerprint density at radius 3 is 1.97 bits per heavy atom. The molecule has 0 amide bonds. The van der Waals surface area contributed by atoms with Crippen molar-refractivity contribution < 1.29 is 13.5 Å². The highest BCUT2D eigenvalue weighted by molar-refractivity contribution is 5.94. The molecule has 2 aliphatic heterocycles. The third kappa shape index (κ3) is 7.60. The first kappa shape index (κ1) is 37.7. The molecule has 0 radical (unpaired) electrons. The number of para-hydroxylation sites is 3. The van der Waals surface area contributed by atoms with Gasteiger partial charge >= 0.3 is 0 Å². The van der Waals surface area contributed by atoms with Crippen molar-refractivity contribution in [2.24, 2.45) is 0 Å². The molecule has 7 aromatic rings. The highest BCUT2D eigenvalue weighted by Crippen LogP contribution is 2.41. The van der Waals surface area contributed by atoms with Crippen LogP contribution in [0.5, 0.6) is 0 Å². The number of rotatable bonds is 11. The first-order valence-electron chi connectivity index (χ1n) is 20.2. The van der Waals surface area contributed by atoms with Gasteiger partial charge in [-0.1, -0.05) is 78.9 Å². The fourth-order valence-electron chi connectivity index (χ4n) is 8.76. The minimum atomic E-state index is -0.488. The lowest BCUT2D eigenvalue weighted by Gasteiger charge is -2.51. The van der Waals surface area contributed by atoms with Gasteiger partial charge in [-0.2, -0.15) is 0 Å². The Bertz CT molecular complexity index is 2530. The maximum atomic E-state index is 15.6. The van der Waals surface area contributed by atoms with Crippen LogP contribution in [0.1, 0.15) is 32.6 Å². The zero-order valence-electron chi connectivity index (χ0n) is 32.5. The SMILES string of the molecule is CCOC1CC(CN2CCC(Nc3nc(-c4ccccc4F)c4ccccc4n3)CC2)(N(c2ccccc2)c2nc(-c3ccccc3F)c3ccccc3n2)CCN1. The van der Waals surface area contributed by atoms with Crippen molar-refractivity contribution in [3.63, 3.8) is 0 Å². The molecule has 4 heterocycles. The van der Waals surface area contributed by atoms with Crippen molar-refractivity contribution in [1.29, 1.82) is 0 Å². The van der Waals surface area contributed by atoms with Crippen LogP contribution in [0.25, 0.3) is 44.3 Å². The van der Waals surface area contributed by atoms with Gasteiger partial charge in [-0.25, -0.2) is 28.7 Å². The van der Waals surface area contributed by atoms with E-state index in [0.29, 0.717) is 47.4 Å². The zero-order valence-corrected chi connectivity index (χ0v) is 32.5. The summed E-state index contributed by atoms with van der Waals surface area (Å²) in [6, 6.07) is 39.6. The van der Waals surface area contributed by atoms with Crippen LogP contribution >= 0.6 is 0 Å². The molecular formula is C47H46F2N8O. The Morgan fingerprint density at radius 1 is 0.724 bits per heavy atom. The van der Waals surface area contributed by atoms with E-state index in [2.05, 4.69) is 32.6 Å². The average Bonchev–Trinajstić information content (AvgIpc) is 3.25. The molecule has 0 spiro atoms. The first-order chi connectivity index (χ1) is 28.5. The van der Waals surface area contributed by atoms with Crippen molar-refractivity contribution >= 4 is 39.4 Å². The van der Waals surface area contributed by atoms with Gasteiger partial charge in [-0.3, -0.25) is 5.32 Å². The number of ether oxygens (including phenoxy) is 1. The van der Waals surface area contributed by atoms with Crippen molar-refractivity contribution in [1.82, 2.24) is 30.2 Å². The molecule has 2 aliphatic rings. The second-order valence-electron chi connectivity index (χ2n) is 15.2. The third-order valence-electron chi connectivity index (χ3n) is 11.5. The molecule has 2 unspecified atom stereocenters. The van der Waals surface area contributed by atoms with Gasteiger partial charge in [0.2, 0.25) is 11.9 Å². The standard InChI is InChI=1S/C47H46F2N8O/c1-2-58-42-30-47(26-27-50-42,57(33-14-4-3-5-15-33)46-53-41-23-13-9-19-37(41)44(55-46)35-17-7-11-21-39(35)49)31-56-28-24-32(25-29-56)51-45-52-40-22-12-8-18-36(40)43(54-45)34-16-6-10-20-38(34)48/h3-23,32,42,50H,2,24-31H2,1H3,(H,51,52,54). The highest BCUT2D eigenvalue weighted by Gasteiger charge is 2.46. The fourth-order valence-corrected chi connectivity index (χ4v) is 8.76. The lowest BCUT2D eigenvalue weighted by Crippen LogP contribution is -2.63. The molecule has 2 aromatic heterocycles. The maximum absolute atomic E-state index is 15.6. The van der Waals surface area contributed by atoms with Crippen molar-refractivity contribution in [2.75, 3.05) is 43.0 Å². The van der Waals surface area contributed by atoms with E-state index in [-0.39, 0.29) is 23.9 Å². The highest BCUT2D eigenvalue weighted by atomic mass is 19.1. The quantitative estimate of drug-likeness (QED) is 0.133. The predicted molar refractivity (Wildman–Crippen MR) is 227 cm³/mol. The van der Waals surface area contributed by atoms with Crippen LogP contribution in [0.2, 0.25) is 0 Å². The summed E-state index contributed by atoms with van der Waals surface area (Å²) in [5.74, 6) is 0.381. The van der Waals surface area contributed by atoms with Gasteiger partial charge in [0.1, 0.15) is 17.9 Å². The molecule has 5 aromatic carbocycles. The predicted octanol–water partition coefficient (Wildman–Crippen LogP) is 9.38. The number of aromatic nitrogens is 4. The molecule has 9 nitrogen and oxygen atoms in total. The number of anilines is 3. The second kappa shape index (κ2) is 16.5. The second-order valence-corrected chi connectivity index (χ2v) is 15.2. The number of piperidine rings is 2. The van der Waals surface area contributed by atoms with Crippen LogP contribution < -0.4 is 15.5 Å². The van der Waals surface area contributed by atoms with Crippen LogP contribution in [-0.4, -0.2) is 75.4 Å². The zero-order chi connectivity index (χ0) is 39.5. The van der Waals surface area contributed by atoms with Gasteiger partial charge in [0.15, 0.2) is 0 Å². The molecular weight excluding hydrogens is 731 g/mol. The molecule has 2 fully saturated rings. The average molecular weight is 777 g/mol. The number of hydrogen-bond acceptors (Lipinski definition) is 9.